The van der Waals surface area contributed by atoms with E-state index < -0.39 is 0 Å². The standard InChI is InChI=1S/C14H29N3/c1-12(2)17-9-6-14(11-17)15-10-13(3)16-7-4-5-8-16/h12-15H,4-11H2,1-3H3. The van der Waals surface area contributed by atoms with Crippen molar-refractivity contribution in [3.05, 3.63) is 0 Å². The van der Waals surface area contributed by atoms with Gasteiger partial charge in [0.1, 0.15) is 0 Å². The monoisotopic (exact) mass is 239 g/mol. The molecule has 1 N–H and O–H groups in total. The van der Waals surface area contributed by atoms with Gasteiger partial charge in [-0.15, -0.1) is 0 Å². The fourth-order valence-corrected chi connectivity index (χ4v) is 3.07. The van der Waals surface area contributed by atoms with Gasteiger partial charge in [0.15, 0.2) is 0 Å². The van der Waals surface area contributed by atoms with Gasteiger partial charge >= 0.3 is 0 Å². The first-order valence-electron chi connectivity index (χ1n) is 7.38. The number of nitrogens with one attached hydrogen (secondary N) is 1. The van der Waals surface area contributed by atoms with Crippen molar-refractivity contribution in [3.63, 3.8) is 0 Å². The Bertz CT molecular complexity index is 224. The van der Waals surface area contributed by atoms with Gasteiger partial charge in [-0.3, -0.25) is 9.80 Å². The SMILES string of the molecule is CC(C)N1CCC(NCC(C)N2CCCC2)C1. The lowest BCUT2D eigenvalue weighted by atomic mass is 10.2. The third-order valence-corrected chi connectivity index (χ3v) is 4.42. The topological polar surface area (TPSA) is 18.5 Å². The molecule has 17 heavy (non-hydrogen) atoms. The molecular formula is C14H29N3. The van der Waals surface area contributed by atoms with Crippen molar-refractivity contribution in [3.8, 4) is 0 Å². The van der Waals surface area contributed by atoms with Crippen LogP contribution in [0.25, 0.3) is 0 Å². The minimum absolute atomic E-state index is 0.706. The van der Waals surface area contributed by atoms with E-state index in [1.165, 1.54) is 45.4 Å². The predicted octanol–water partition coefficient (Wildman–Crippen LogP) is 1.54. The van der Waals surface area contributed by atoms with Crippen LogP contribution < -0.4 is 5.32 Å². The highest BCUT2D eigenvalue weighted by Crippen LogP contribution is 2.14. The van der Waals surface area contributed by atoms with E-state index in [-0.39, 0.29) is 0 Å². The first-order chi connectivity index (χ1) is 8.16. The Hall–Kier alpha value is -0.120. The summed E-state index contributed by atoms with van der Waals surface area (Å²) in [6.45, 7) is 13.3. The number of hydrogen-bond acceptors (Lipinski definition) is 3. The Kier molecular flexibility index (Phi) is 4.83. The Balaban J connectivity index is 1.65. The number of nitrogens with zero attached hydrogens (tertiary/aromatic N) is 2. The summed E-state index contributed by atoms with van der Waals surface area (Å²) in [6.07, 6.45) is 4.12. The molecule has 0 bridgehead atoms. The van der Waals surface area contributed by atoms with Gasteiger partial charge in [-0.2, -0.15) is 0 Å². The normalized spacial score (nSPS) is 29.3. The maximum absolute atomic E-state index is 3.76. The molecule has 2 heterocycles. The molecule has 2 fully saturated rings. The summed E-state index contributed by atoms with van der Waals surface area (Å²) in [5.74, 6) is 0. The average molecular weight is 239 g/mol. The maximum atomic E-state index is 3.76. The van der Waals surface area contributed by atoms with Crippen molar-refractivity contribution < 1.29 is 0 Å². The third kappa shape index (κ3) is 3.67. The predicted molar refractivity (Wildman–Crippen MR) is 73.4 cm³/mol. The molecular weight excluding hydrogens is 210 g/mol. The Morgan fingerprint density at radius 1 is 1.06 bits per heavy atom. The van der Waals surface area contributed by atoms with Crippen molar-refractivity contribution in [1.82, 2.24) is 15.1 Å². The van der Waals surface area contributed by atoms with E-state index >= 15 is 0 Å². The maximum Gasteiger partial charge on any atom is 0.0207 e. The zero-order chi connectivity index (χ0) is 12.3. The summed E-state index contributed by atoms with van der Waals surface area (Å²) in [4.78, 5) is 5.21. The van der Waals surface area contributed by atoms with E-state index in [0.717, 1.165) is 12.6 Å². The first-order valence-corrected chi connectivity index (χ1v) is 7.38. The van der Waals surface area contributed by atoms with E-state index in [0.29, 0.717) is 12.1 Å². The number of likely N-dealkylation sites (tertiary alicyclic amines) is 2. The molecule has 2 unspecified atom stereocenters. The second-order valence-electron chi connectivity index (χ2n) is 6.07. The highest BCUT2D eigenvalue weighted by Gasteiger charge is 2.25. The summed E-state index contributed by atoms with van der Waals surface area (Å²) in [7, 11) is 0. The van der Waals surface area contributed by atoms with E-state index in [2.05, 4.69) is 35.9 Å². The molecule has 0 aliphatic carbocycles. The molecule has 2 saturated heterocycles. The molecule has 2 rings (SSSR count). The Labute approximate surface area is 107 Å². The van der Waals surface area contributed by atoms with Crippen LogP contribution in [0.2, 0.25) is 0 Å². The number of rotatable bonds is 5. The van der Waals surface area contributed by atoms with Crippen LogP contribution >= 0.6 is 0 Å². The van der Waals surface area contributed by atoms with Gasteiger partial charge in [-0.1, -0.05) is 0 Å². The van der Waals surface area contributed by atoms with Crippen molar-refractivity contribution in [2.75, 3.05) is 32.7 Å². The lowest BCUT2D eigenvalue weighted by molar-refractivity contribution is 0.238. The van der Waals surface area contributed by atoms with Crippen molar-refractivity contribution >= 4 is 0 Å². The zero-order valence-electron chi connectivity index (χ0n) is 11.8. The third-order valence-electron chi connectivity index (χ3n) is 4.42. The highest BCUT2D eigenvalue weighted by molar-refractivity contribution is 4.84. The van der Waals surface area contributed by atoms with Gasteiger partial charge < -0.3 is 5.32 Å². The molecule has 0 aromatic carbocycles. The van der Waals surface area contributed by atoms with Crippen LogP contribution in [0.15, 0.2) is 0 Å². The second-order valence-corrected chi connectivity index (χ2v) is 6.07. The molecule has 0 saturated carbocycles. The highest BCUT2D eigenvalue weighted by atomic mass is 15.2. The van der Waals surface area contributed by atoms with Crippen molar-refractivity contribution in [2.45, 2.75) is 58.2 Å². The summed E-state index contributed by atoms with van der Waals surface area (Å²) in [6, 6.07) is 2.14. The minimum atomic E-state index is 0.706. The molecule has 3 heteroatoms. The molecule has 3 nitrogen and oxygen atoms in total. The molecule has 100 valence electrons. The van der Waals surface area contributed by atoms with Crippen LogP contribution in [0, 0.1) is 0 Å². The van der Waals surface area contributed by atoms with Crippen LogP contribution in [-0.2, 0) is 0 Å². The van der Waals surface area contributed by atoms with E-state index in [4.69, 9.17) is 0 Å². The van der Waals surface area contributed by atoms with E-state index in [1.54, 1.807) is 0 Å². The molecule has 2 aliphatic heterocycles. The van der Waals surface area contributed by atoms with Gasteiger partial charge in [0.2, 0.25) is 0 Å². The fraction of sp³-hybridized carbons (Fsp3) is 1.00. The molecule has 0 spiro atoms. The Morgan fingerprint density at radius 2 is 1.76 bits per heavy atom. The Morgan fingerprint density at radius 3 is 2.35 bits per heavy atom. The number of hydrogen-bond donors (Lipinski definition) is 1. The molecule has 2 atom stereocenters. The smallest absolute Gasteiger partial charge is 0.0207 e. The average Bonchev–Trinajstić information content (AvgIpc) is 2.97. The van der Waals surface area contributed by atoms with E-state index in [9.17, 15) is 0 Å². The summed E-state index contributed by atoms with van der Waals surface area (Å²) >= 11 is 0. The van der Waals surface area contributed by atoms with Crippen molar-refractivity contribution in [1.29, 1.82) is 0 Å². The van der Waals surface area contributed by atoms with Crippen LogP contribution in [0.3, 0.4) is 0 Å². The quantitative estimate of drug-likeness (QED) is 0.785. The van der Waals surface area contributed by atoms with E-state index in [1.807, 2.05) is 0 Å². The molecule has 2 aliphatic rings. The van der Waals surface area contributed by atoms with Crippen LogP contribution in [0.4, 0.5) is 0 Å². The summed E-state index contributed by atoms with van der Waals surface area (Å²) < 4.78 is 0. The van der Waals surface area contributed by atoms with Crippen LogP contribution in [0.1, 0.15) is 40.0 Å². The second kappa shape index (κ2) is 6.17. The summed E-state index contributed by atoms with van der Waals surface area (Å²) in [5.41, 5.74) is 0. The largest absolute Gasteiger partial charge is 0.311 e. The lowest BCUT2D eigenvalue weighted by Gasteiger charge is -2.26. The zero-order valence-corrected chi connectivity index (χ0v) is 11.8. The van der Waals surface area contributed by atoms with Gasteiger partial charge in [0.25, 0.3) is 0 Å². The molecule has 0 radical (unpaired) electrons. The fourth-order valence-electron chi connectivity index (χ4n) is 3.07. The van der Waals surface area contributed by atoms with Gasteiger partial charge in [0.05, 0.1) is 0 Å². The van der Waals surface area contributed by atoms with Gasteiger partial charge in [-0.25, -0.2) is 0 Å². The van der Waals surface area contributed by atoms with Crippen LogP contribution in [0.5, 0.6) is 0 Å². The molecule has 0 aromatic heterocycles. The van der Waals surface area contributed by atoms with Crippen LogP contribution in [-0.4, -0.2) is 60.6 Å². The van der Waals surface area contributed by atoms with Gasteiger partial charge in [0, 0.05) is 31.2 Å². The first kappa shape index (κ1) is 13.3. The minimum Gasteiger partial charge on any atom is -0.311 e. The van der Waals surface area contributed by atoms with Gasteiger partial charge in [-0.05, 0) is 59.7 Å². The van der Waals surface area contributed by atoms with Crippen molar-refractivity contribution in [2.24, 2.45) is 0 Å². The summed E-state index contributed by atoms with van der Waals surface area (Å²) in [5, 5.41) is 3.76. The molecule has 0 aromatic rings. The molecule has 0 amide bonds. The lowest BCUT2D eigenvalue weighted by Crippen LogP contribution is -2.43.